The highest BCUT2D eigenvalue weighted by atomic mass is 32.2. The Morgan fingerprint density at radius 3 is 2.74 bits per heavy atom. The van der Waals surface area contributed by atoms with Gasteiger partial charge in [0.25, 0.3) is 15.8 Å². The highest BCUT2D eigenvalue weighted by Gasteiger charge is 2.31. The van der Waals surface area contributed by atoms with E-state index in [1.807, 2.05) is 6.07 Å². The first kappa shape index (κ1) is 16.1. The Kier molecular flexibility index (Phi) is 4.22. The molecule has 1 unspecified atom stereocenters. The summed E-state index contributed by atoms with van der Waals surface area (Å²) in [6, 6.07) is 7.00. The molecule has 1 saturated heterocycles. The number of para-hydroxylation sites is 1. The van der Waals surface area contributed by atoms with Gasteiger partial charge in [0.2, 0.25) is 0 Å². The minimum atomic E-state index is -3.47. The number of nitrogens with zero attached hydrogens (tertiary/aromatic N) is 4. The van der Waals surface area contributed by atoms with Crippen LogP contribution in [0.1, 0.15) is 18.9 Å². The summed E-state index contributed by atoms with van der Waals surface area (Å²) in [6.45, 7) is 0.771. The van der Waals surface area contributed by atoms with Crippen molar-refractivity contribution in [3.05, 3.63) is 40.9 Å². The van der Waals surface area contributed by atoms with Gasteiger partial charge < -0.3 is 0 Å². The first-order chi connectivity index (χ1) is 10.9. The van der Waals surface area contributed by atoms with Gasteiger partial charge in [-0.3, -0.25) is 9.36 Å². The molecule has 1 aliphatic rings. The van der Waals surface area contributed by atoms with Crippen LogP contribution in [0.25, 0.3) is 10.9 Å². The molecule has 2 heterocycles. The summed E-state index contributed by atoms with van der Waals surface area (Å²) in [7, 11) is -0.432. The van der Waals surface area contributed by atoms with Crippen molar-refractivity contribution in [3.63, 3.8) is 0 Å². The number of hydrogen-bond acceptors (Lipinski definition) is 4. The fourth-order valence-corrected chi connectivity index (χ4v) is 4.11. The maximum Gasteiger partial charge on any atom is 0.281 e. The number of benzene rings is 1. The van der Waals surface area contributed by atoms with Crippen LogP contribution in [0.5, 0.6) is 0 Å². The minimum Gasteiger partial charge on any atom is -0.294 e. The van der Waals surface area contributed by atoms with Crippen LogP contribution in [0.2, 0.25) is 0 Å². The van der Waals surface area contributed by atoms with Crippen LogP contribution in [0, 0.1) is 0 Å². The van der Waals surface area contributed by atoms with Crippen LogP contribution >= 0.6 is 0 Å². The average Bonchev–Trinajstić information content (AvgIpc) is 2.55. The van der Waals surface area contributed by atoms with Crippen molar-refractivity contribution >= 4 is 21.1 Å². The molecule has 7 nitrogen and oxygen atoms in total. The smallest absolute Gasteiger partial charge is 0.281 e. The monoisotopic (exact) mass is 336 g/mol. The molecule has 0 spiro atoms. The van der Waals surface area contributed by atoms with Crippen molar-refractivity contribution in [1.29, 1.82) is 0 Å². The van der Waals surface area contributed by atoms with E-state index in [4.69, 9.17) is 0 Å². The molecule has 1 aromatic heterocycles. The molecular formula is C15H20N4O3S. The van der Waals surface area contributed by atoms with Crippen LogP contribution in [0.4, 0.5) is 0 Å². The minimum absolute atomic E-state index is 0.121. The standard InChI is InChI=1S/C15H20N4O3S/c1-17(2)23(21,22)18-9-5-6-12(10-18)19-11-16-14-8-4-3-7-13(14)15(19)20/h3-4,7-8,11-12H,5-6,9-10H2,1-2H3. The van der Waals surface area contributed by atoms with E-state index in [0.717, 1.165) is 12.8 Å². The third kappa shape index (κ3) is 2.89. The topological polar surface area (TPSA) is 75.5 Å². The summed E-state index contributed by atoms with van der Waals surface area (Å²) in [5.74, 6) is 0. The van der Waals surface area contributed by atoms with Crippen molar-refractivity contribution in [3.8, 4) is 0 Å². The summed E-state index contributed by atoms with van der Waals surface area (Å²) < 4.78 is 28.8. The van der Waals surface area contributed by atoms with Crippen LogP contribution < -0.4 is 5.56 Å². The maximum absolute atomic E-state index is 12.7. The zero-order valence-corrected chi connectivity index (χ0v) is 14.0. The number of rotatable bonds is 3. The zero-order chi connectivity index (χ0) is 16.6. The van der Waals surface area contributed by atoms with Crippen molar-refractivity contribution < 1.29 is 8.42 Å². The van der Waals surface area contributed by atoms with E-state index in [1.54, 1.807) is 22.8 Å². The molecule has 1 fully saturated rings. The molecule has 0 saturated carbocycles. The summed E-state index contributed by atoms with van der Waals surface area (Å²) in [5.41, 5.74) is 0.534. The van der Waals surface area contributed by atoms with Gasteiger partial charge in [-0.25, -0.2) is 4.98 Å². The largest absolute Gasteiger partial charge is 0.294 e. The Balaban J connectivity index is 1.96. The fraction of sp³-hybridized carbons (Fsp3) is 0.467. The van der Waals surface area contributed by atoms with Gasteiger partial charge in [-0.15, -0.1) is 0 Å². The lowest BCUT2D eigenvalue weighted by Gasteiger charge is -2.34. The van der Waals surface area contributed by atoms with Crippen LogP contribution in [0.3, 0.4) is 0 Å². The van der Waals surface area contributed by atoms with Gasteiger partial charge in [0.15, 0.2) is 0 Å². The molecule has 8 heteroatoms. The van der Waals surface area contributed by atoms with Crippen LogP contribution in [-0.2, 0) is 10.2 Å². The lowest BCUT2D eigenvalue weighted by atomic mass is 10.1. The third-order valence-corrected chi connectivity index (χ3v) is 6.14. The number of fused-ring (bicyclic) bond motifs is 1. The summed E-state index contributed by atoms with van der Waals surface area (Å²) in [6.07, 6.45) is 3.01. The summed E-state index contributed by atoms with van der Waals surface area (Å²) in [5, 5.41) is 0.558. The highest BCUT2D eigenvalue weighted by molar-refractivity contribution is 7.86. The van der Waals surface area contributed by atoms with Crippen molar-refractivity contribution in [2.24, 2.45) is 0 Å². The molecule has 2 aromatic rings. The molecule has 0 amide bonds. The number of hydrogen-bond donors (Lipinski definition) is 0. The van der Waals surface area contributed by atoms with Crippen molar-refractivity contribution in [2.45, 2.75) is 18.9 Å². The normalized spacial score (nSPS) is 20.2. The van der Waals surface area contributed by atoms with E-state index in [9.17, 15) is 13.2 Å². The van der Waals surface area contributed by atoms with E-state index in [1.165, 1.54) is 29.0 Å². The summed E-state index contributed by atoms with van der Waals surface area (Å²) in [4.78, 5) is 17.0. The molecular weight excluding hydrogens is 316 g/mol. The van der Waals surface area contributed by atoms with Gasteiger partial charge in [0.1, 0.15) is 0 Å². The van der Waals surface area contributed by atoms with Gasteiger partial charge in [-0.1, -0.05) is 12.1 Å². The van der Waals surface area contributed by atoms with Gasteiger partial charge in [0, 0.05) is 27.2 Å². The third-order valence-electron chi connectivity index (χ3n) is 4.23. The quantitative estimate of drug-likeness (QED) is 0.832. The SMILES string of the molecule is CN(C)S(=O)(=O)N1CCCC(n2cnc3ccccc3c2=O)C1. The fourth-order valence-electron chi connectivity index (χ4n) is 2.93. The molecule has 0 N–H and O–H groups in total. The van der Waals surface area contributed by atoms with Gasteiger partial charge in [-0.05, 0) is 25.0 Å². The number of aromatic nitrogens is 2. The Labute approximate surface area is 135 Å². The Morgan fingerprint density at radius 1 is 1.26 bits per heavy atom. The van der Waals surface area contributed by atoms with E-state index in [-0.39, 0.29) is 11.6 Å². The molecule has 0 radical (unpaired) electrons. The van der Waals surface area contributed by atoms with E-state index in [2.05, 4.69) is 4.98 Å². The van der Waals surface area contributed by atoms with Gasteiger partial charge in [0.05, 0.1) is 23.3 Å². The predicted octanol–water partition coefficient (Wildman–Crippen LogP) is 0.840. The lowest BCUT2D eigenvalue weighted by Crippen LogP contribution is -2.47. The second-order valence-electron chi connectivity index (χ2n) is 5.92. The molecule has 0 bridgehead atoms. The first-order valence-electron chi connectivity index (χ1n) is 7.55. The lowest BCUT2D eigenvalue weighted by molar-refractivity contribution is 0.252. The molecule has 124 valence electrons. The van der Waals surface area contributed by atoms with Gasteiger partial charge in [-0.2, -0.15) is 17.0 Å². The summed E-state index contributed by atoms with van der Waals surface area (Å²) >= 11 is 0. The molecule has 1 aliphatic heterocycles. The Morgan fingerprint density at radius 2 is 2.00 bits per heavy atom. The predicted molar refractivity (Wildman–Crippen MR) is 88.5 cm³/mol. The second-order valence-corrected chi connectivity index (χ2v) is 8.06. The van der Waals surface area contributed by atoms with E-state index < -0.39 is 10.2 Å². The van der Waals surface area contributed by atoms with Crippen LogP contribution in [0.15, 0.2) is 35.4 Å². The molecule has 23 heavy (non-hydrogen) atoms. The Bertz CT molecular complexity index is 876. The highest BCUT2D eigenvalue weighted by Crippen LogP contribution is 2.23. The molecule has 1 atom stereocenters. The number of piperidine rings is 1. The molecule has 3 rings (SSSR count). The van der Waals surface area contributed by atoms with Gasteiger partial charge >= 0.3 is 0 Å². The molecule has 1 aromatic carbocycles. The molecule has 0 aliphatic carbocycles. The maximum atomic E-state index is 12.7. The van der Waals surface area contributed by atoms with Crippen molar-refractivity contribution in [2.75, 3.05) is 27.2 Å². The Hall–Kier alpha value is -1.77. The zero-order valence-electron chi connectivity index (χ0n) is 13.2. The van der Waals surface area contributed by atoms with Crippen molar-refractivity contribution in [1.82, 2.24) is 18.2 Å². The second kappa shape index (κ2) is 6.03. The average molecular weight is 336 g/mol. The van der Waals surface area contributed by atoms with Crippen LogP contribution in [-0.4, -0.2) is 53.8 Å². The first-order valence-corrected chi connectivity index (χ1v) is 8.94. The van der Waals surface area contributed by atoms with E-state index >= 15 is 0 Å². The van der Waals surface area contributed by atoms with E-state index in [0.29, 0.717) is 24.0 Å².